The number of allylic oxidation sites excluding steroid dienone is 1. The van der Waals surface area contributed by atoms with Gasteiger partial charge in [0.1, 0.15) is 5.65 Å². The van der Waals surface area contributed by atoms with Gasteiger partial charge in [-0.25, -0.2) is 4.98 Å². The molecule has 4 rings (SSSR count). The number of aryl methyl sites for hydroxylation is 1. The molecule has 0 amide bonds. The molecule has 2 aromatic heterocycles. The van der Waals surface area contributed by atoms with Gasteiger partial charge in [0.2, 0.25) is 0 Å². The Labute approximate surface area is 145 Å². The molecule has 0 spiro atoms. The lowest BCUT2D eigenvalue weighted by Crippen LogP contribution is -2.27. The van der Waals surface area contributed by atoms with Gasteiger partial charge in [0.25, 0.3) is 5.56 Å². The van der Waals surface area contributed by atoms with Crippen LogP contribution >= 0.6 is 0 Å². The highest BCUT2D eigenvalue weighted by molar-refractivity contribution is 6.10. The van der Waals surface area contributed by atoms with Gasteiger partial charge >= 0.3 is 0 Å². The van der Waals surface area contributed by atoms with Crippen LogP contribution in [-0.2, 0) is 7.05 Å². The Morgan fingerprint density at radius 1 is 1.16 bits per heavy atom. The highest BCUT2D eigenvalue weighted by atomic mass is 16.1. The number of rotatable bonds is 4. The molecular weight excluding hydrogens is 312 g/mol. The quantitative estimate of drug-likeness (QED) is 0.541. The molecule has 1 saturated carbocycles. The van der Waals surface area contributed by atoms with Crippen LogP contribution in [0.2, 0.25) is 0 Å². The van der Waals surface area contributed by atoms with Gasteiger partial charge in [-0.15, -0.1) is 0 Å². The maximum absolute atomic E-state index is 12.9. The van der Waals surface area contributed by atoms with Crippen LogP contribution in [0.15, 0.2) is 59.5 Å². The highest BCUT2D eigenvalue weighted by Gasteiger charge is 2.32. The van der Waals surface area contributed by atoms with Crippen molar-refractivity contribution in [3.63, 3.8) is 0 Å². The van der Waals surface area contributed by atoms with E-state index in [1.807, 2.05) is 42.5 Å². The van der Waals surface area contributed by atoms with E-state index in [9.17, 15) is 9.59 Å². The molecule has 124 valence electrons. The van der Waals surface area contributed by atoms with E-state index >= 15 is 0 Å². The summed E-state index contributed by atoms with van der Waals surface area (Å²) < 4.78 is 1.48. The summed E-state index contributed by atoms with van der Waals surface area (Å²) in [6.07, 6.45) is 6.96. The van der Waals surface area contributed by atoms with E-state index in [4.69, 9.17) is 0 Å². The lowest BCUT2D eigenvalue weighted by Gasteiger charge is -2.13. The number of nitrogens with zero attached hydrogens (tertiary/aromatic N) is 2. The van der Waals surface area contributed by atoms with Crippen molar-refractivity contribution in [3.8, 4) is 0 Å². The number of aromatic nitrogens is 2. The molecule has 4 nitrogen and oxygen atoms in total. The van der Waals surface area contributed by atoms with Gasteiger partial charge in [0, 0.05) is 18.6 Å². The smallest absolute Gasteiger partial charge is 0.263 e. The van der Waals surface area contributed by atoms with Gasteiger partial charge in [0.15, 0.2) is 5.78 Å². The minimum Gasteiger partial charge on any atom is -0.295 e. The molecule has 3 aromatic rings. The van der Waals surface area contributed by atoms with Crippen LogP contribution in [0.3, 0.4) is 0 Å². The van der Waals surface area contributed by atoms with E-state index in [0.717, 1.165) is 29.4 Å². The van der Waals surface area contributed by atoms with Crippen LogP contribution in [0.5, 0.6) is 0 Å². The largest absolute Gasteiger partial charge is 0.295 e. The first-order valence-electron chi connectivity index (χ1n) is 8.42. The second-order valence-electron chi connectivity index (χ2n) is 6.41. The molecule has 0 aliphatic heterocycles. The molecule has 1 aromatic carbocycles. The maximum atomic E-state index is 12.9. The Bertz CT molecular complexity index is 1040. The number of carbonyl (C=O) groups is 1. The van der Waals surface area contributed by atoms with Gasteiger partial charge in [-0.1, -0.05) is 36.4 Å². The molecule has 1 aliphatic carbocycles. The summed E-state index contributed by atoms with van der Waals surface area (Å²) >= 11 is 0. The molecule has 1 fully saturated rings. The summed E-state index contributed by atoms with van der Waals surface area (Å²) in [7, 11) is 1.67. The normalized spacial score (nSPS) is 14.3. The first kappa shape index (κ1) is 15.5. The Balaban J connectivity index is 1.88. The van der Waals surface area contributed by atoms with Gasteiger partial charge in [0.05, 0.1) is 5.56 Å². The molecule has 1 aliphatic rings. The lowest BCUT2D eigenvalue weighted by atomic mass is 9.97. The minimum atomic E-state index is -0.268. The summed E-state index contributed by atoms with van der Waals surface area (Å²) in [5, 5.41) is 0.906. The molecule has 2 heterocycles. The minimum absolute atomic E-state index is 0.239. The van der Waals surface area contributed by atoms with Crippen LogP contribution in [0.4, 0.5) is 0 Å². The molecule has 4 heteroatoms. The topological polar surface area (TPSA) is 52.0 Å². The van der Waals surface area contributed by atoms with E-state index < -0.39 is 0 Å². The predicted molar refractivity (Wildman–Crippen MR) is 98.8 cm³/mol. The first-order valence-corrected chi connectivity index (χ1v) is 8.42. The van der Waals surface area contributed by atoms with Crippen molar-refractivity contribution in [2.75, 3.05) is 0 Å². The first-order chi connectivity index (χ1) is 12.2. The Hall–Kier alpha value is -3.01. The fourth-order valence-corrected chi connectivity index (χ4v) is 3.24. The van der Waals surface area contributed by atoms with E-state index in [1.165, 1.54) is 10.6 Å². The standard InChI is InChI=1S/C21H18N2O2/c1-23-20-16(8-5-13-22-20)18(15-10-11-15)19(21(23)25)17(24)12-9-14-6-3-2-4-7-14/h2-9,12-13,15H,10-11H2,1H3/b12-9+. The Morgan fingerprint density at radius 3 is 2.64 bits per heavy atom. The van der Waals surface area contributed by atoms with Gasteiger partial charge in [-0.05, 0) is 48.1 Å². The SMILES string of the molecule is Cn1c(=O)c(C(=O)/C=C/c2ccccc2)c(C2CC2)c2cccnc21. The zero-order valence-corrected chi connectivity index (χ0v) is 14.0. The number of benzene rings is 1. The number of ketones is 1. The number of hydrogen-bond acceptors (Lipinski definition) is 3. The fraction of sp³-hybridized carbons (Fsp3) is 0.190. The van der Waals surface area contributed by atoms with Crippen LogP contribution in [-0.4, -0.2) is 15.3 Å². The van der Waals surface area contributed by atoms with Crippen molar-refractivity contribution in [2.24, 2.45) is 7.05 Å². The monoisotopic (exact) mass is 330 g/mol. The fourth-order valence-electron chi connectivity index (χ4n) is 3.24. The third-order valence-corrected chi connectivity index (χ3v) is 4.64. The van der Waals surface area contributed by atoms with Gasteiger partial charge < -0.3 is 0 Å². The third kappa shape index (κ3) is 2.80. The number of hydrogen-bond donors (Lipinski definition) is 0. The van der Waals surface area contributed by atoms with Gasteiger partial charge in [-0.3, -0.25) is 14.2 Å². The molecule has 0 atom stereocenters. The van der Waals surface area contributed by atoms with Crippen LogP contribution in [0.1, 0.15) is 40.2 Å². The van der Waals surface area contributed by atoms with Crippen LogP contribution in [0, 0.1) is 0 Å². The zero-order chi connectivity index (χ0) is 17.4. The Kier molecular flexibility index (Phi) is 3.80. The van der Waals surface area contributed by atoms with Gasteiger partial charge in [-0.2, -0.15) is 0 Å². The summed E-state index contributed by atoms with van der Waals surface area (Å²) in [6, 6.07) is 13.4. The van der Waals surface area contributed by atoms with E-state index in [0.29, 0.717) is 5.65 Å². The van der Waals surface area contributed by atoms with Crippen molar-refractivity contribution in [1.82, 2.24) is 9.55 Å². The number of pyridine rings is 2. The summed E-state index contributed by atoms with van der Waals surface area (Å²) in [4.78, 5) is 30.1. The van der Waals surface area contributed by atoms with E-state index in [-0.39, 0.29) is 22.8 Å². The number of carbonyl (C=O) groups excluding carboxylic acids is 1. The molecule has 0 saturated heterocycles. The maximum Gasteiger partial charge on any atom is 0.263 e. The molecular formula is C21H18N2O2. The van der Waals surface area contributed by atoms with Crippen molar-refractivity contribution in [1.29, 1.82) is 0 Å². The van der Waals surface area contributed by atoms with E-state index in [1.54, 1.807) is 19.3 Å². The molecule has 25 heavy (non-hydrogen) atoms. The Morgan fingerprint density at radius 2 is 1.92 bits per heavy atom. The van der Waals surface area contributed by atoms with Crippen LogP contribution in [0.25, 0.3) is 17.1 Å². The molecule has 0 radical (unpaired) electrons. The second kappa shape index (κ2) is 6.13. The van der Waals surface area contributed by atoms with Crippen LogP contribution < -0.4 is 5.56 Å². The summed E-state index contributed by atoms with van der Waals surface area (Å²) in [5.41, 5.74) is 2.46. The zero-order valence-electron chi connectivity index (χ0n) is 14.0. The summed E-state index contributed by atoms with van der Waals surface area (Å²) in [5.74, 6) is 0.0433. The van der Waals surface area contributed by atoms with Crippen molar-refractivity contribution < 1.29 is 4.79 Å². The second-order valence-corrected chi connectivity index (χ2v) is 6.41. The van der Waals surface area contributed by atoms with Crippen molar-refractivity contribution in [2.45, 2.75) is 18.8 Å². The molecule has 0 N–H and O–H groups in total. The van der Waals surface area contributed by atoms with Crippen molar-refractivity contribution in [3.05, 3.63) is 81.8 Å². The van der Waals surface area contributed by atoms with Crippen molar-refractivity contribution >= 4 is 22.9 Å². The lowest BCUT2D eigenvalue weighted by molar-refractivity contribution is 0.104. The average molecular weight is 330 g/mol. The number of fused-ring (bicyclic) bond motifs is 1. The van der Waals surface area contributed by atoms with E-state index in [2.05, 4.69) is 4.98 Å². The predicted octanol–water partition coefficient (Wildman–Crippen LogP) is 3.71. The highest BCUT2D eigenvalue weighted by Crippen LogP contribution is 2.44. The third-order valence-electron chi connectivity index (χ3n) is 4.64. The molecule has 0 unspecified atom stereocenters. The summed E-state index contributed by atoms with van der Waals surface area (Å²) in [6.45, 7) is 0. The molecule has 0 bridgehead atoms. The average Bonchev–Trinajstić information content (AvgIpc) is 3.48.